The van der Waals surface area contributed by atoms with Crippen LogP contribution in [-0.2, 0) is 25.7 Å². The third-order valence-corrected chi connectivity index (χ3v) is 4.56. The van der Waals surface area contributed by atoms with E-state index in [1.165, 1.54) is 11.3 Å². The van der Waals surface area contributed by atoms with E-state index in [1.807, 2.05) is 17.5 Å². The van der Waals surface area contributed by atoms with Crippen molar-refractivity contribution in [1.82, 2.24) is 10.6 Å². The summed E-state index contributed by atoms with van der Waals surface area (Å²) in [6.07, 6.45) is -1.42. The van der Waals surface area contributed by atoms with Gasteiger partial charge >= 0.3 is 12.0 Å². The highest BCUT2D eigenvalue weighted by molar-refractivity contribution is 7.09. The normalized spacial score (nSPS) is 14.9. The van der Waals surface area contributed by atoms with E-state index in [2.05, 4.69) is 16.0 Å². The number of thiophene rings is 1. The van der Waals surface area contributed by atoms with Crippen molar-refractivity contribution < 1.29 is 28.7 Å². The third-order valence-electron chi connectivity index (χ3n) is 3.68. The van der Waals surface area contributed by atoms with Crippen molar-refractivity contribution in [3.8, 4) is 5.75 Å². The minimum atomic E-state index is -1.06. The van der Waals surface area contributed by atoms with Gasteiger partial charge in [-0.3, -0.25) is 19.7 Å². The smallest absolute Gasteiger partial charge is 0.321 e. The lowest BCUT2D eigenvalue weighted by atomic mass is 10.1. The number of amides is 4. The first kappa shape index (κ1) is 19.4. The zero-order valence-electron chi connectivity index (χ0n) is 14.6. The van der Waals surface area contributed by atoms with Crippen molar-refractivity contribution in [2.45, 2.75) is 19.1 Å². The molecule has 0 spiro atoms. The van der Waals surface area contributed by atoms with E-state index >= 15 is 0 Å². The minimum absolute atomic E-state index is 0.284. The summed E-state index contributed by atoms with van der Waals surface area (Å²) >= 11 is 1.47. The molecule has 9 nitrogen and oxygen atoms in total. The Morgan fingerprint density at radius 2 is 2.00 bits per heavy atom. The summed E-state index contributed by atoms with van der Waals surface area (Å²) in [4.78, 5) is 48.1. The molecule has 1 aliphatic rings. The molecule has 0 fully saturated rings. The van der Waals surface area contributed by atoms with Gasteiger partial charge < -0.3 is 20.1 Å². The second kappa shape index (κ2) is 9.00. The first-order chi connectivity index (χ1) is 13.5. The average Bonchev–Trinajstić information content (AvgIpc) is 3.19. The molecule has 0 radical (unpaired) electrons. The van der Waals surface area contributed by atoms with Gasteiger partial charge in [-0.05, 0) is 23.6 Å². The first-order valence-electron chi connectivity index (χ1n) is 8.33. The first-order valence-corrected chi connectivity index (χ1v) is 9.21. The van der Waals surface area contributed by atoms with Crippen LogP contribution >= 0.6 is 11.3 Å². The lowest BCUT2D eigenvalue weighted by Gasteiger charge is -2.25. The molecule has 3 N–H and O–H groups in total. The van der Waals surface area contributed by atoms with Crippen molar-refractivity contribution in [3.05, 3.63) is 46.7 Å². The average molecular weight is 403 g/mol. The number of carbonyl (C=O) groups excluding carboxylic acids is 4. The van der Waals surface area contributed by atoms with Crippen LogP contribution in [0.15, 0.2) is 41.8 Å². The molecule has 146 valence electrons. The summed E-state index contributed by atoms with van der Waals surface area (Å²) in [5.41, 5.74) is 0.519. The molecule has 1 aromatic heterocycles. The van der Waals surface area contributed by atoms with Gasteiger partial charge in [0.2, 0.25) is 0 Å². The van der Waals surface area contributed by atoms with Gasteiger partial charge in [0.1, 0.15) is 5.75 Å². The number of anilines is 1. The number of imide groups is 1. The molecule has 0 saturated heterocycles. The molecule has 1 aromatic carbocycles. The van der Waals surface area contributed by atoms with Crippen molar-refractivity contribution in [1.29, 1.82) is 0 Å². The van der Waals surface area contributed by atoms with Gasteiger partial charge in [0.25, 0.3) is 11.8 Å². The predicted molar refractivity (Wildman–Crippen MR) is 99.8 cm³/mol. The summed E-state index contributed by atoms with van der Waals surface area (Å²) in [5.74, 6) is -1.61. The number of nitrogens with one attached hydrogen (secondary N) is 3. The maximum Gasteiger partial charge on any atom is 0.321 e. The Labute approximate surface area is 164 Å². The number of para-hydroxylation sites is 2. The zero-order chi connectivity index (χ0) is 19.9. The van der Waals surface area contributed by atoms with Crippen LogP contribution in [-0.4, -0.2) is 36.5 Å². The topological polar surface area (TPSA) is 123 Å². The molecule has 0 aliphatic carbocycles. The van der Waals surface area contributed by atoms with Gasteiger partial charge in [0.15, 0.2) is 12.7 Å². The SMILES string of the molecule is O=C(COC(=O)C[C@H]1Oc2ccccc2NC1=O)NC(=O)NCc1cccs1. The van der Waals surface area contributed by atoms with E-state index in [4.69, 9.17) is 9.47 Å². The van der Waals surface area contributed by atoms with Crippen LogP contribution in [0, 0.1) is 0 Å². The molecule has 4 amide bonds. The highest BCUT2D eigenvalue weighted by atomic mass is 32.1. The molecular formula is C18H17N3O6S. The molecule has 0 saturated carbocycles. The van der Waals surface area contributed by atoms with E-state index in [1.54, 1.807) is 24.3 Å². The fourth-order valence-electron chi connectivity index (χ4n) is 2.37. The molecule has 2 heterocycles. The van der Waals surface area contributed by atoms with Crippen LogP contribution in [0.3, 0.4) is 0 Å². The fourth-order valence-corrected chi connectivity index (χ4v) is 3.02. The molecule has 3 rings (SSSR count). The molecule has 2 aromatic rings. The molecule has 10 heteroatoms. The number of esters is 1. The molecule has 0 bridgehead atoms. The minimum Gasteiger partial charge on any atom is -0.478 e. The number of urea groups is 1. The Bertz CT molecular complexity index is 883. The molecule has 1 atom stereocenters. The maximum atomic E-state index is 12.0. The van der Waals surface area contributed by atoms with Crippen molar-refractivity contribution in [3.63, 3.8) is 0 Å². The number of carbonyl (C=O) groups is 4. The number of rotatable bonds is 6. The number of ether oxygens (including phenoxy) is 2. The predicted octanol–water partition coefficient (Wildman–Crippen LogP) is 1.41. The van der Waals surface area contributed by atoms with Crippen molar-refractivity contribution in [2.75, 3.05) is 11.9 Å². The van der Waals surface area contributed by atoms with Gasteiger partial charge in [-0.2, -0.15) is 0 Å². The van der Waals surface area contributed by atoms with E-state index < -0.39 is 36.5 Å². The largest absolute Gasteiger partial charge is 0.478 e. The number of hydrogen-bond acceptors (Lipinski definition) is 7. The van der Waals surface area contributed by atoms with Crippen LogP contribution < -0.4 is 20.7 Å². The summed E-state index contributed by atoms with van der Waals surface area (Å²) < 4.78 is 10.3. The Hall–Kier alpha value is -3.40. The molecular weight excluding hydrogens is 386 g/mol. The highest BCUT2D eigenvalue weighted by Crippen LogP contribution is 2.29. The second-order valence-corrected chi connectivity index (χ2v) is 6.80. The van der Waals surface area contributed by atoms with Gasteiger partial charge in [-0.25, -0.2) is 4.79 Å². The number of hydrogen-bond donors (Lipinski definition) is 3. The number of benzene rings is 1. The van der Waals surface area contributed by atoms with E-state index in [-0.39, 0.29) is 13.0 Å². The van der Waals surface area contributed by atoms with Crippen LogP contribution in [0.1, 0.15) is 11.3 Å². The lowest BCUT2D eigenvalue weighted by Crippen LogP contribution is -2.42. The summed E-state index contributed by atoms with van der Waals surface area (Å²) in [6.45, 7) is -0.359. The highest BCUT2D eigenvalue weighted by Gasteiger charge is 2.30. The van der Waals surface area contributed by atoms with Gasteiger partial charge in [-0.1, -0.05) is 18.2 Å². The van der Waals surface area contributed by atoms with Gasteiger partial charge in [0.05, 0.1) is 18.7 Å². The Kier molecular flexibility index (Phi) is 6.22. The van der Waals surface area contributed by atoms with Crippen LogP contribution in [0.25, 0.3) is 0 Å². The van der Waals surface area contributed by atoms with Crippen LogP contribution in [0.4, 0.5) is 10.5 Å². The number of fused-ring (bicyclic) bond motifs is 1. The van der Waals surface area contributed by atoms with E-state index in [9.17, 15) is 19.2 Å². The Morgan fingerprint density at radius 1 is 1.18 bits per heavy atom. The third kappa shape index (κ3) is 5.30. The summed E-state index contributed by atoms with van der Waals surface area (Å²) in [7, 11) is 0. The Balaban J connectivity index is 1.38. The maximum absolute atomic E-state index is 12.0. The second-order valence-electron chi connectivity index (χ2n) is 5.77. The van der Waals surface area contributed by atoms with Crippen molar-refractivity contribution >= 4 is 40.8 Å². The standard InChI is InChI=1S/C18H17N3O6S/c22-15(21-18(25)19-9-11-4-3-7-28-11)10-26-16(23)8-14-17(24)20-12-5-1-2-6-13(12)27-14/h1-7,14H,8-10H2,(H,20,24)(H2,19,21,22,25)/t14-/m1/s1. The monoisotopic (exact) mass is 403 g/mol. The van der Waals surface area contributed by atoms with Crippen LogP contribution in [0.5, 0.6) is 5.75 Å². The molecule has 0 unspecified atom stereocenters. The summed E-state index contributed by atoms with van der Waals surface area (Å²) in [6, 6.07) is 9.81. The van der Waals surface area contributed by atoms with E-state index in [0.29, 0.717) is 11.4 Å². The quantitative estimate of drug-likeness (QED) is 0.627. The summed E-state index contributed by atoms with van der Waals surface area (Å²) in [5, 5.41) is 9.06. The molecule has 28 heavy (non-hydrogen) atoms. The zero-order valence-corrected chi connectivity index (χ0v) is 15.4. The van der Waals surface area contributed by atoms with Gasteiger partial charge in [-0.15, -0.1) is 11.3 Å². The molecule has 1 aliphatic heterocycles. The van der Waals surface area contributed by atoms with Gasteiger partial charge in [0, 0.05) is 4.88 Å². The van der Waals surface area contributed by atoms with Crippen molar-refractivity contribution in [2.24, 2.45) is 0 Å². The fraction of sp³-hybridized carbons (Fsp3) is 0.222. The Morgan fingerprint density at radius 3 is 2.79 bits per heavy atom. The van der Waals surface area contributed by atoms with E-state index in [0.717, 1.165) is 4.88 Å². The lowest BCUT2D eigenvalue weighted by molar-refractivity contribution is -0.151. The van der Waals surface area contributed by atoms with Crippen LogP contribution in [0.2, 0.25) is 0 Å².